The normalized spacial score (nSPS) is 23.8. The van der Waals surface area contributed by atoms with E-state index in [2.05, 4.69) is 46.4 Å². The zero-order chi connectivity index (χ0) is 16.1. The van der Waals surface area contributed by atoms with Crippen molar-refractivity contribution in [3.63, 3.8) is 0 Å². The molecule has 122 valence electrons. The van der Waals surface area contributed by atoms with Gasteiger partial charge in [-0.3, -0.25) is 0 Å². The molecule has 2 aliphatic heterocycles. The molecule has 6 heteroatoms. The Morgan fingerprint density at radius 2 is 1.64 bits per heavy atom. The van der Waals surface area contributed by atoms with Crippen molar-refractivity contribution in [1.82, 2.24) is 4.98 Å². The summed E-state index contributed by atoms with van der Waals surface area (Å²) in [7, 11) is -0.295. The van der Waals surface area contributed by atoms with Crippen LogP contribution in [0.1, 0.15) is 66.0 Å². The van der Waals surface area contributed by atoms with Crippen molar-refractivity contribution in [2.75, 3.05) is 18.0 Å². The van der Waals surface area contributed by atoms with Gasteiger partial charge in [0.25, 0.3) is 0 Å². The van der Waals surface area contributed by atoms with Crippen LogP contribution in [0.3, 0.4) is 0 Å². The van der Waals surface area contributed by atoms with Crippen molar-refractivity contribution in [3.8, 4) is 0 Å². The molecule has 0 aromatic carbocycles. The molecule has 0 radical (unpaired) electrons. The van der Waals surface area contributed by atoms with Crippen LogP contribution in [-0.2, 0) is 9.31 Å². The first-order chi connectivity index (χ1) is 10.2. The lowest BCUT2D eigenvalue weighted by atomic mass is 9.84. The summed E-state index contributed by atoms with van der Waals surface area (Å²) in [6, 6.07) is 0. The fraction of sp³-hybridized carbons (Fsp3) is 0.812. The van der Waals surface area contributed by atoms with E-state index in [1.54, 1.807) is 11.3 Å². The van der Waals surface area contributed by atoms with Gasteiger partial charge in [-0.1, -0.05) is 13.8 Å². The van der Waals surface area contributed by atoms with Crippen LogP contribution in [0.4, 0.5) is 5.13 Å². The van der Waals surface area contributed by atoms with Gasteiger partial charge in [0.15, 0.2) is 5.13 Å². The summed E-state index contributed by atoms with van der Waals surface area (Å²) >= 11 is 1.75. The maximum atomic E-state index is 6.25. The molecule has 3 heterocycles. The molecule has 22 heavy (non-hydrogen) atoms. The second kappa shape index (κ2) is 5.50. The zero-order valence-corrected chi connectivity index (χ0v) is 15.4. The van der Waals surface area contributed by atoms with Crippen LogP contribution in [0.5, 0.6) is 0 Å². The molecule has 0 unspecified atom stereocenters. The molecule has 0 spiro atoms. The minimum Gasteiger partial charge on any atom is -0.399 e. The summed E-state index contributed by atoms with van der Waals surface area (Å²) in [5.41, 5.74) is 0.526. The highest BCUT2D eigenvalue weighted by atomic mass is 32.1. The second-order valence-corrected chi connectivity index (χ2v) is 8.69. The van der Waals surface area contributed by atoms with Crippen LogP contribution in [0.15, 0.2) is 0 Å². The number of anilines is 1. The summed E-state index contributed by atoms with van der Waals surface area (Å²) in [6.45, 7) is 15.0. The highest BCUT2D eigenvalue weighted by Gasteiger charge is 2.53. The van der Waals surface area contributed by atoms with Crippen molar-refractivity contribution in [1.29, 1.82) is 0 Å². The van der Waals surface area contributed by atoms with Crippen LogP contribution in [0.25, 0.3) is 0 Å². The van der Waals surface area contributed by atoms with Crippen LogP contribution in [-0.4, -0.2) is 36.4 Å². The lowest BCUT2D eigenvalue weighted by molar-refractivity contribution is 0.00578. The number of rotatable bonds is 3. The van der Waals surface area contributed by atoms with Gasteiger partial charge in [0.1, 0.15) is 0 Å². The first kappa shape index (κ1) is 16.3. The van der Waals surface area contributed by atoms with E-state index in [1.807, 2.05) is 0 Å². The van der Waals surface area contributed by atoms with E-state index in [4.69, 9.17) is 14.3 Å². The molecule has 0 N–H and O–H groups in total. The zero-order valence-electron chi connectivity index (χ0n) is 14.6. The SMILES string of the molecule is CC(C)c1nc(N2CCCC2)sc1B1OC(C)(C)C(C)(C)O1. The third-order valence-electron chi connectivity index (χ3n) is 5.06. The lowest BCUT2D eigenvalue weighted by Gasteiger charge is -2.32. The van der Waals surface area contributed by atoms with Gasteiger partial charge in [0.05, 0.1) is 21.7 Å². The van der Waals surface area contributed by atoms with Crippen molar-refractivity contribution in [2.24, 2.45) is 0 Å². The Labute approximate surface area is 138 Å². The third kappa shape index (κ3) is 2.70. The average Bonchev–Trinajstić information content (AvgIpc) is 3.09. The Kier molecular flexibility index (Phi) is 4.07. The lowest BCUT2D eigenvalue weighted by Crippen LogP contribution is -2.41. The molecule has 1 aromatic rings. The maximum Gasteiger partial charge on any atom is 0.507 e. The van der Waals surface area contributed by atoms with Crippen molar-refractivity contribution >= 4 is 28.4 Å². The van der Waals surface area contributed by atoms with E-state index in [9.17, 15) is 0 Å². The Bertz CT molecular complexity index is 534. The van der Waals surface area contributed by atoms with Crippen LogP contribution < -0.4 is 9.68 Å². The predicted octanol–water partition coefficient (Wildman–Crippen LogP) is 3.17. The van der Waals surface area contributed by atoms with Crippen LogP contribution in [0, 0.1) is 0 Å². The highest BCUT2D eigenvalue weighted by molar-refractivity contribution is 7.25. The standard InChI is InChI=1S/C16H27BN2O2S/c1-11(2)12-13(17-20-15(3,4)16(5,6)21-17)22-14(18-12)19-9-7-8-10-19/h11H,7-10H2,1-6H3. The minimum atomic E-state index is -0.302. The largest absolute Gasteiger partial charge is 0.507 e. The molecule has 0 bridgehead atoms. The smallest absolute Gasteiger partial charge is 0.399 e. The molecule has 3 rings (SSSR count). The Morgan fingerprint density at radius 1 is 1.09 bits per heavy atom. The van der Waals surface area contributed by atoms with Gasteiger partial charge in [-0.2, -0.15) is 0 Å². The van der Waals surface area contributed by atoms with Crippen molar-refractivity contribution < 1.29 is 9.31 Å². The monoisotopic (exact) mass is 322 g/mol. The minimum absolute atomic E-state index is 0.295. The topological polar surface area (TPSA) is 34.6 Å². The molecule has 2 aliphatic rings. The van der Waals surface area contributed by atoms with Crippen LogP contribution in [0.2, 0.25) is 0 Å². The van der Waals surface area contributed by atoms with E-state index < -0.39 is 0 Å². The van der Waals surface area contributed by atoms with Gasteiger partial charge in [-0.05, 0) is 46.5 Å². The third-order valence-corrected chi connectivity index (χ3v) is 6.21. The van der Waals surface area contributed by atoms with E-state index in [1.165, 1.54) is 12.8 Å². The molecule has 4 nitrogen and oxygen atoms in total. The average molecular weight is 322 g/mol. The highest BCUT2D eigenvalue weighted by Crippen LogP contribution is 2.38. The molecule has 2 saturated heterocycles. The van der Waals surface area contributed by atoms with Gasteiger partial charge in [-0.15, -0.1) is 11.3 Å². The molecule has 0 aliphatic carbocycles. The number of aromatic nitrogens is 1. The molecular weight excluding hydrogens is 295 g/mol. The summed E-state index contributed by atoms with van der Waals surface area (Å²) < 4.78 is 13.6. The number of hydrogen-bond acceptors (Lipinski definition) is 5. The van der Waals surface area contributed by atoms with Gasteiger partial charge < -0.3 is 14.2 Å². The molecule has 2 fully saturated rings. The van der Waals surface area contributed by atoms with Gasteiger partial charge in [0.2, 0.25) is 0 Å². The van der Waals surface area contributed by atoms with Crippen molar-refractivity contribution in [3.05, 3.63) is 5.69 Å². The number of hydrogen-bond donors (Lipinski definition) is 0. The molecule has 0 saturated carbocycles. The summed E-state index contributed by atoms with van der Waals surface area (Å²) in [5.74, 6) is 0.377. The van der Waals surface area contributed by atoms with Crippen LogP contribution >= 0.6 is 11.3 Å². The van der Waals surface area contributed by atoms with E-state index >= 15 is 0 Å². The van der Waals surface area contributed by atoms with E-state index in [-0.39, 0.29) is 18.3 Å². The molecule has 1 aromatic heterocycles. The summed E-state index contributed by atoms with van der Waals surface area (Å²) in [6.07, 6.45) is 2.53. The Morgan fingerprint density at radius 3 is 2.14 bits per heavy atom. The predicted molar refractivity (Wildman–Crippen MR) is 93.4 cm³/mol. The Balaban J connectivity index is 1.93. The fourth-order valence-corrected chi connectivity index (χ4v) is 4.14. The molecule has 0 amide bonds. The first-order valence-corrected chi connectivity index (χ1v) is 9.14. The quantitative estimate of drug-likeness (QED) is 0.801. The van der Waals surface area contributed by atoms with E-state index in [0.717, 1.165) is 28.7 Å². The maximum absolute atomic E-state index is 6.25. The van der Waals surface area contributed by atoms with Crippen molar-refractivity contribution in [2.45, 2.75) is 71.5 Å². The van der Waals surface area contributed by atoms with Gasteiger partial charge in [-0.25, -0.2) is 4.98 Å². The van der Waals surface area contributed by atoms with E-state index in [0.29, 0.717) is 5.92 Å². The molecule has 0 atom stereocenters. The summed E-state index contributed by atoms with van der Waals surface area (Å²) in [5, 5.41) is 1.13. The summed E-state index contributed by atoms with van der Waals surface area (Å²) in [4.78, 5) is 7.31. The van der Waals surface area contributed by atoms with Gasteiger partial charge in [0, 0.05) is 13.1 Å². The first-order valence-electron chi connectivity index (χ1n) is 8.32. The van der Waals surface area contributed by atoms with Gasteiger partial charge >= 0.3 is 7.12 Å². The number of nitrogens with zero attached hydrogens (tertiary/aromatic N) is 2. The fourth-order valence-electron chi connectivity index (χ4n) is 2.91. The second-order valence-electron chi connectivity index (χ2n) is 7.68. The molecular formula is C16H27BN2O2S. The Hall–Kier alpha value is -0.585. The number of thiazole rings is 1.